The predicted octanol–water partition coefficient (Wildman–Crippen LogP) is 3.74. The van der Waals surface area contributed by atoms with Crippen molar-refractivity contribution in [3.05, 3.63) is 87.4 Å². The number of hydrogen-bond donors (Lipinski definition) is 0. The molecule has 2 aliphatic heterocycles. The van der Waals surface area contributed by atoms with E-state index in [9.17, 15) is 19.2 Å². The number of benzene rings is 2. The summed E-state index contributed by atoms with van der Waals surface area (Å²) in [6, 6.07) is 11.2. The normalized spacial score (nSPS) is 17.8. The molecule has 0 aliphatic carbocycles. The van der Waals surface area contributed by atoms with Gasteiger partial charge in [0.05, 0.1) is 35.1 Å². The molecule has 230 valence electrons. The van der Waals surface area contributed by atoms with Crippen LogP contribution in [0.3, 0.4) is 0 Å². The Hall–Kier alpha value is -3.37. The zero-order valence-corrected chi connectivity index (χ0v) is 28.8. The SMILES string of the molecule is CCOC(=O)CN1c2ccc(Br)cc2C(C)(C)C1C=c1c(=O)c(=CC2=[N+](CC(=O)OCC)c3ccc(Br)cc3C2(C)C)c1=O. The van der Waals surface area contributed by atoms with Gasteiger partial charge in [-0.15, -0.1) is 0 Å². The van der Waals surface area contributed by atoms with Crippen LogP contribution in [0.1, 0.15) is 52.7 Å². The monoisotopic (exact) mass is 725 g/mol. The Bertz CT molecular complexity index is 1880. The third kappa shape index (κ3) is 5.40. The van der Waals surface area contributed by atoms with Gasteiger partial charge in [0, 0.05) is 37.8 Å². The van der Waals surface area contributed by atoms with E-state index in [1.54, 1.807) is 26.0 Å². The number of halogens is 2. The van der Waals surface area contributed by atoms with Crippen LogP contribution in [0.5, 0.6) is 0 Å². The first-order valence-electron chi connectivity index (χ1n) is 14.6. The average molecular weight is 727 g/mol. The van der Waals surface area contributed by atoms with E-state index in [1.165, 1.54) is 0 Å². The van der Waals surface area contributed by atoms with Gasteiger partial charge >= 0.3 is 11.9 Å². The standard InChI is InChI=1S/C34H35Br2N2O6/c1-7-43-29(39)17-37-25-11-9-19(35)13-23(25)33(3,4)27(37)15-21-31(41)22(32(21)42)16-28-34(5,6)24-14-20(36)10-12-26(24)38(28)18-30(40)44-8-2/h9-16,27H,7-8,17-18H2,1-6H3/q+1. The van der Waals surface area contributed by atoms with Gasteiger partial charge in [0.1, 0.15) is 6.54 Å². The number of carbonyl (C=O) groups excluding carboxylic acids is 2. The molecule has 0 fully saturated rings. The lowest BCUT2D eigenvalue weighted by Gasteiger charge is -2.31. The van der Waals surface area contributed by atoms with Gasteiger partial charge in [-0.1, -0.05) is 45.7 Å². The van der Waals surface area contributed by atoms with Gasteiger partial charge in [0.2, 0.25) is 23.1 Å². The van der Waals surface area contributed by atoms with Crippen LogP contribution in [0, 0.1) is 0 Å². The van der Waals surface area contributed by atoms with E-state index in [4.69, 9.17) is 9.47 Å². The number of fused-ring (bicyclic) bond motifs is 2. The highest BCUT2D eigenvalue weighted by Gasteiger charge is 2.47. The van der Waals surface area contributed by atoms with E-state index < -0.39 is 22.8 Å². The third-order valence-electron chi connectivity index (χ3n) is 8.67. The molecular formula is C34H35Br2N2O6+. The van der Waals surface area contributed by atoms with Crippen molar-refractivity contribution in [2.24, 2.45) is 0 Å². The number of anilines is 1. The summed E-state index contributed by atoms with van der Waals surface area (Å²) in [5.41, 5.74) is 2.44. The number of carbonyl (C=O) groups is 2. The summed E-state index contributed by atoms with van der Waals surface area (Å²) in [4.78, 5) is 54.5. The van der Waals surface area contributed by atoms with E-state index in [2.05, 4.69) is 31.9 Å². The molecular weight excluding hydrogens is 692 g/mol. The molecule has 0 saturated heterocycles. The Morgan fingerprint density at radius 2 is 1.48 bits per heavy atom. The maximum atomic E-state index is 13.7. The second-order valence-electron chi connectivity index (χ2n) is 12.1. The molecule has 0 amide bonds. The van der Waals surface area contributed by atoms with Crippen molar-refractivity contribution >= 4 is 73.0 Å². The van der Waals surface area contributed by atoms with Gasteiger partial charge in [0.15, 0.2) is 5.71 Å². The van der Waals surface area contributed by atoms with Gasteiger partial charge in [-0.05, 0) is 69.7 Å². The Balaban J connectivity index is 1.64. The van der Waals surface area contributed by atoms with Crippen LogP contribution < -0.4 is 26.2 Å². The molecule has 1 unspecified atom stereocenters. The summed E-state index contributed by atoms with van der Waals surface area (Å²) in [5.74, 6) is -0.791. The number of esters is 2. The van der Waals surface area contributed by atoms with E-state index in [0.29, 0.717) is 5.71 Å². The Kier molecular flexibility index (Phi) is 8.63. The Morgan fingerprint density at radius 3 is 2.11 bits per heavy atom. The van der Waals surface area contributed by atoms with Crippen LogP contribution >= 0.6 is 31.9 Å². The van der Waals surface area contributed by atoms with Gasteiger partial charge in [0.25, 0.3) is 0 Å². The fraction of sp³-hybridized carbons (Fsp3) is 0.382. The van der Waals surface area contributed by atoms with E-state index >= 15 is 0 Å². The molecule has 3 aromatic rings. The van der Waals surface area contributed by atoms with Gasteiger partial charge in [-0.3, -0.25) is 14.4 Å². The van der Waals surface area contributed by atoms with Crippen molar-refractivity contribution in [3.8, 4) is 0 Å². The van der Waals surface area contributed by atoms with Crippen LogP contribution in [0.25, 0.3) is 12.2 Å². The second-order valence-corrected chi connectivity index (χ2v) is 14.0. The lowest BCUT2D eigenvalue weighted by Crippen LogP contribution is -2.66. The molecule has 3 aromatic carbocycles. The van der Waals surface area contributed by atoms with Gasteiger partial charge in [-0.25, -0.2) is 4.79 Å². The fourth-order valence-electron chi connectivity index (χ4n) is 6.43. The third-order valence-corrected chi connectivity index (χ3v) is 9.66. The van der Waals surface area contributed by atoms with Crippen LogP contribution in [0.4, 0.5) is 11.4 Å². The first-order valence-corrected chi connectivity index (χ1v) is 16.2. The largest absolute Gasteiger partial charge is 0.465 e. The summed E-state index contributed by atoms with van der Waals surface area (Å²) in [7, 11) is 0. The molecule has 0 aromatic heterocycles. The molecule has 0 saturated carbocycles. The highest BCUT2D eigenvalue weighted by Crippen LogP contribution is 2.46. The van der Waals surface area contributed by atoms with E-state index in [0.717, 1.165) is 31.4 Å². The highest BCUT2D eigenvalue weighted by molar-refractivity contribution is 9.10. The smallest absolute Gasteiger partial charge is 0.372 e. The molecule has 0 N–H and O–H groups in total. The molecule has 1 atom stereocenters. The second kappa shape index (κ2) is 11.9. The van der Waals surface area contributed by atoms with Crippen molar-refractivity contribution in [1.29, 1.82) is 0 Å². The van der Waals surface area contributed by atoms with Crippen LogP contribution in [0.15, 0.2) is 54.9 Å². The minimum Gasteiger partial charge on any atom is -0.465 e. The first kappa shape index (κ1) is 32.0. The van der Waals surface area contributed by atoms with E-state index in [-0.39, 0.29) is 53.6 Å². The molecule has 8 nitrogen and oxygen atoms in total. The molecule has 0 bridgehead atoms. The quantitative estimate of drug-likeness (QED) is 0.258. The maximum absolute atomic E-state index is 13.7. The Labute approximate surface area is 272 Å². The van der Waals surface area contributed by atoms with Crippen molar-refractivity contribution in [1.82, 2.24) is 0 Å². The van der Waals surface area contributed by atoms with Crippen LogP contribution in [-0.2, 0) is 29.9 Å². The van der Waals surface area contributed by atoms with Crippen LogP contribution in [-0.4, -0.2) is 54.6 Å². The highest BCUT2D eigenvalue weighted by atomic mass is 79.9. The minimum absolute atomic E-state index is 0.0197. The van der Waals surface area contributed by atoms with Crippen molar-refractivity contribution in [2.45, 2.75) is 58.4 Å². The summed E-state index contributed by atoms with van der Waals surface area (Å²) in [5, 5.41) is 0.150. The Morgan fingerprint density at radius 1 is 0.886 bits per heavy atom. The fourth-order valence-corrected chi connectivity index (χ4v) is 7.15. The zero-order valence-electron chi connectivity index (χ0n) is 25.6. The first-order chi connectivity index (χ1) is 20.7. The zero-order chi connectivity index (χ0) is 32.1. The molecule has 0 radical (unpaired) electrons. The lowest BCUT2D eigenvalue weighted by molar-refractivity contribution is -0.427. The molecule has 0 spiro atoms. The molecule has 2 heterocycles. The molecule has 2 aliphatic rings. The lowest BCUT2D eigenvalue weighted by atomic mass is 9.79. The topological polar surface area (TPSA) is 93.0 Å². The van der Waals surface area contributed by atoms with Gasteiger partial charge in [-0.2, -0.15) is 4.58 Å². The minimum atomic E-state index is -0.600. The summed E-state index contributed by atoms with van der Waals surface area (Å²) in [6.45, 7) is 12.0. The van der Waals surface area contributed by atoms with Gasteiger partial charge < -0.3 is 14.4 Å². The number of hydrogen-bond acceptors (Lipinski definition) is 7. The summed E-state index contributed by atoms with van der Waals surface area (Å²) >= 11 is 7.09. The van der Waals surface area contributed by atoms with Crippen LogP contribution in [0.2, 0.25) is 0 Å². The molecule has 5 rings (SSSR count). The van der Waals surface area contributed by atoms with Crippen molar-refractivity contribution in [2.75, 3.05) is 31.2 Å². The maximum Gasteiger partial charge on any atom is 0.372 e. The average Bonchev–Trinajstić information content (AvgIpc) is 3.28. The van der Waals surface area contributed by atoms with E-state index in [1.807, 2.05) is 73.6 Å². The number of nitrogens with zero attached hydrogens (tertiary/aromatic N) is 2. The van der Waals surface area contributed by atoms with Crippen molar-refractivity contribution in [3.63, 3.8) is 0 Å². The molecule has 44 heavy (non-hydrogen) atoms. The number of rotatable bonds is 8. The molecule has 10 heteroatoms. The summed E-state index contributed by atoms with van der Waals surface area (Å²) in [6.07, 6.45) is 3.32. The predicted molar refractivity (Wildman–Crippen MR) is 178 cm³/mol. The van der Waals surface area contributed by atoms with Crippen molar-refractivity contribution < 1.29 is 23.6 Å². The number of ether oxygens (including phenoxy) is 2. The summed E-state index contributed by atoms with van der Waals surface area (Å²) < 4.78 is 14.1.